The van der Waals surface area contributed by atoms with Gasteiger partial charge in [-0.2, -0.15) is 0 Å². The number of amides is 2. The summed E-state index contributed by atoms with van der Waals surface area (Å²) in [7, 11) is 3.41. The van der Waals surface area contributed by atoms with E-state index in [1.807, 2.05) is 18.0 Å². The van der Waals surface area contributed by atoms with Crippen molar-refractivity contribution in [3.05, 3.63) is 23.2 Å². The smallest absolute Gasteiger partial charge is 0.242 e. The number of hydrogen-bond acceptors (Lipinski definition) is 4. The molecule has 0 aromatic heterocycles. The van der Waals surface area contributed by atoms with E-state index in [-0.39, 0.29) is 18.4 Å². The molecule has 1 aliphatic heterocycles. The van der Waals surface area contributed by atoms with Crippen LogP contribution in [0.15, 0.2) is 18.2 Å². The fourth-order valence-corrected chi connectivity index (χ4v) is 2.83. The topological polar surface area (TPSA) is 53.1 Å². The molecule has 0 spiro atoms. The van der Waals surface area contributed by atoms with Crippen LogP contribution in [0.25, 0.3) is 0 Å². The van der Waals surface area contributed by atoms with Crippen molar-refractivity contribution in [2.75, 3.05) is 51.8 Å². The molecule has 126 valence electrons. The van der Waals surface area contributed by atoms with E-state index in [4.69, 9.17) is 16.3 Å². The zero-order valence-electron chi connectivity index (χ0n) is 13.7. The van der Waals surface area contributed by atoms with Gasteiger partial charge >= 0.3 is 0 Å². The number of ether oxygens (including phenoxy) is 1. The number of benzene rings is 1. The first-order valence-electron chi connectivity index (χ1n) is 7.50. The van der Waals surface area contributed by atoms with Crippen LogP contribution in [0.2, 0.25) is 5.02 Å². The van der Waals surface area contributed by atoms with Crippen LogP contribution in [0.1, 0.15) is 6.92 Å². The Kier molecular flexibility index (Phi) is 5.71. The summed E-state index contributed by atoms with van der Waals surface area (Å²) in [6.45, 7) is 4.09. The molecule has 1 aliphatic rings. The number of anilines is 1. The average Bonchev–Trinajstić information content (AvgIpc) is 2.55. The van der Waals surface area contributed by atoms with Crippen molar-refractivity contribution in [1.82, 2.24) is 9.80 Å². The fraction of sp³-hybridized carbons (Fsp3) is 0.500. The molecule has 0 bridgehead atoms. The van der Waals surface area contributed by atoms with Crippen LogP contribution in [0, 0.1) is 0 Å². The van der Waals surface area contributed by atoms with Crippen LogP contribution < -0.4 is 9.64 Å². The average molecular weight is 340 g/mol. The minimum Gasteiger partial charge on any atom is -0.497 e. The highest BCUT2D eigenvalue weighted by molar-refractivity contribution is 6.33. The molecule has 1 aromatic carbocycles. The van der Waals surface area contributed by atoms with E-state index in [2.05, 4.69) is 0 Å². The molecular weight excluding hydrogens is 318 g/mol. The van der Waals surface area contributed by atoms with E-state index in [0.717, 1.165) is 5.69 Å². The summed E-state index contributed by atoms with van der Waals surface area (Å²) in [4.78, 5) is 29.1. The first-order valence-corrected chi connectivity index (χ1v) is 7.88. The number of rotatable bonds is 4. The monoisotopic (exact) mass is 339 g/mol. The van der Waals surface area contributed by atoms with Gasteiger partial charge in [0, 0.05) is 46.2 Å². The largest absolute Gasteiger partial charge is 0.497 e. The van der Waals surface area contributed by atoms with Crippen molar-refractivity contribution in [1.29, 1.82) is 0 Å². The van der Waals surface area contributed by atoms with E-state index in [0.29, 0.717) is 37.0 Å². The number of hydrogen-bond donors (Lipinski definition) is 0. The maximum absolute atomic E-state index is 12.4. The lowest BCUT2D eigenvalue weighted by molar-refractivity contribution is -0.137. The van der Waals surface area contributed by atoms with Gasteiger partial charge in [0.1, 0.15) is 5.75 Å². The van der Waals surface area contributed by atoms with Gasteiger partial charge in [0.05, 0.1) is 24.4 Å². The maximum Gasteiger partial charge on any atom is 0.242 e. The van der Waals surface area contributed by atoms with E-state index in [9.17, 15) is 9.59 Å². The molecule has 0 radical (unpaired) electrons. The first-order chi connectivity index (χ1) is 10.9. The first kappa shape index (κ1) is 17.4. The number of halogens is 1. The van der Waals surface area contributed by atoms with Crippen molar-refractivity contribution in [2.45, 2.75) is 6.92 Å². The number of carbonyl (C=O) groups is 2. The molecule has 0 N–H and O–H groups in total. The molecule has 7 heteroatoms. The highest BCUT2D eigenvalue weighted by atomic mass is 35.5. The SMILES string of the molecule is COc1ccc(Cl)c(N(C)CC(=O)N2CCN(C(C)=O)CC2)c1. The normalized spacial score (nSPS) is 14.6. The molecule has 2 amide bonds. The van der Waals surface area contributed by atoms with Crippen LogP contribution >= 0.6 is 11.6 Å². The van der Waals surface area contributed by atoms with Crippen LogP contribution in [0.3, 0.4) is 0 Å². The van der Waals surface area contributed by atoms with E-state index in [1.165, 1.54) is 0 Å². The Morgan fingerprint density at radius 1 is 1.22 bits per heavy atom. The van der Waals surface area contributed by atoms with Gasteiger partial charge in [0.2, 0.25) is 11.8 Å². The van der Waals surface area contributed by atoms with Crippen LogP contribution in [0.5, 0.6) is 5.75 Å². The van der Waals surface area contributed by atoms with Crippen molar-refractivity contribution in [3.63, 3.8) is 0 Å². The van der Waals surface area contributed by atoms with Gasteiger partial charge in [-0.3, -0.25) is 9.59 Å². The predicted octanol–water partition coefficient (Wildman–Crippen LogP) is 1.48. The zero-order valence-corrected chi connectivity index (χ0v) is 14.5. The molecule has 6 nitrogen and oxygen atoms in total. The molecule has 0 saturated carbocycles. The summed E-state index contributed by atoms with van der Waals surface area (Å²) in [6, 6.07) is 5.34. The van der Waals surface area contributed by atoms with Crippen molar-refractivity contribution in [3.8, 4) is 5.75 Å². The van der Waals surface area contributed by atoms with Crippen LogP contribution in [-0.4, -0.2) is 68.5 Å². The molecule has 2 rings (SSSR count). The molecule has 0 aliphatic carbocycles. The Morgan fingerprint density at radius 3 is 2.39 bits per heavy atom. The summed E-state index contributed by atoms with van der Waals surface area (Å²) in [5.41, 5.74) is 0.752. The highest BCUT2D eigenvalue weighted by Gasteiger charge is 2.23. The van der Waals surface area contributed by atoms with Gasteiger partial charge in [-0.25, -0.2) is 0 Å². The lowest BCUT2D eigenvalue weighted by Crippen LogP contribution is -2.52. The molecule has 0 atom stereocenters. The second-order valence-corrected chi connectivity index (χ2v) is 5.97. The number of likely N-dealkylation sites (N-methyl/N-ethyl adjacent to an activating group) is 1. The third kappa shape index (κ3) is 4.28. The molecule has 1 fully saturated rings. The van der Waals surface area contributed by atoms with Crippen molar-refractivity contribution >= 4 is 29.1 Å². The third-order valence-corrected chi connectivity index (χ3v) is 4.33. The van der Waals surface area contributed by atoms with Gasteiger partial charge in [-0.1, -0.05) is 11.6 Å². The molecule has 1 saturated heterocycles. The lowest BCUT2D eigenvalue weighted by atomic mass is 10.2. The maximum atomic E-state index is 12.4. The standard InChI is InChI=1S/C16H22ClN3O3/c1-12(21)19-6-8-20(9-7-19)16(22)11-18(2)15-10-13(23-3)4-5-14(15)17/h4-5,10H,6-9,11H2,1-3H3. The molecule has 1 aromatic rings. The second-order valence-electron chi connectivity index (χ2n) is 5.56. The van der Waals surface area contributed by atoms with E-state index >= 15 is 0 Å². The Bertz CT molecular complexity index is 586. The number of nitrogens with zero attached hydrogens (tertiary/aromatic N) is 3. The van der Waals surface area contributed by atoms with Gasteiger partial charge in [-0.15, -0.1) is 0 Å². The van der Waals surface area contributed by atoms with Crippen molar-refractivity contribution in [2.24, 2.45) is 0 Å². The Hall–Kier alpha value is -1.95. The lowest BCUT2D eigenvalue weighted by Gasteiger charge is -2.35. The van der Waals surface area contributed by atoms with Gasteiger partial charge < -0.3 is 19.4 Å². The number of carbonyl (C=O) groups excluding carboxylic acids is 2. The quantitative estimate of drug-likeness (QED) is 0.833. The summed E-state index contributed by atoms with van der Waals surface area (Å²) in [5.74, 6) is 0.769. The fourth-order valence-electron chi connectivity index (χ4n) is 2.57. The molecular formula is C16H22ClN3O3. The Labute approximate surface area is 141 Å². The van der Waals surface area contributed by atoms with Gasteiger partial charge in [-0.05, 0) is 12.1 Å². The van der Waals surface area contributed by atoms with Crippen LogP contribution in [-0.2, 0) is 9.59 Å². The zero-order chi connectivity index (χ0) is 17.0. The highest BCUT2D eigenvalue weighted by Crippen LogP contribution is 2.29. The van der Waals surface area contributed by atoms with E-state index < -0.39 is 0 Å². The third-order valence-electron chi connectivity index (χ3n) is 4.01. The second kappa shape index (κ2) is 7.55. The van der Waals surface area contributed by atoms with Gasteiger partial charge in [0.15, 0.2) is 0 Å². The summed E-state index contributed by atoms with van der Waals surface area (Å²) in [5, 5.41) is 0.572. The molecule has 23 heavy (non-hydrogen) atoms. The minimum atomic E-state index is 0.0228. The predicted molar refractivity (Wildman–Crippen MR) is 90.1 cm³/mol. The molecule has 0 unspecified atom stereocenters. The Morgan fingerprint density at radius 2 is 1.83 bits per heavy atom. The van der Waals surface area contributed by atoms with Crippen molar-refractivity contribution < 1.29 is 14.3 Å². The number of piperazine rings is 1. The summed E-state index contributed by atoms with van der Waals surface area (Å²) >= 11 is 6.20. The number of methoxy groups -OCH3 is 1. The van der Waals surface area contributed by atoms with Gasteiger partial charge in [0.25, 0.3) is 0 Å². The summed E-state index contributed by atoms with van der Waals surface area (Å²) in [6.07, 6.45) is 0. The Balaban J connectivity index is 1.96. The van der Waals surface area contributed by atoms with E-state index in [1.54, 1.807) is 36.0 Å². The minimum absolute atomic E-state index is 0.0228. The molecule has 1 heterocycles. The summed E-state index contributed by atoms with van der Waals surface area (Å²) < 4.78 is 5.20. The van der Waals surface area contributed by atoms with Crippen LogP contribution in [0.4, 0.5) is 5.69 Å².